The van der Waals surface area contributed by atoms with E-state index in [0.29, 0.717) is 4.47 Å². The van der Waals surface area contributed by atoms with Gasteiger partial charge in [0.05, 0.1) is 4.47 Å². The van der Waals surface area contributed by atoms with E-state index in [9.17, 15) is 8.42 Å². The maximum Gasteiger partial charge on any atom is 0.256 e. The third kappa shape index (κ3) is 2.02. The number of nitrogens with zero attached hydrogens (tertiary/aromatic N) is 1. The van der Waals surface area contributed by atoms with Crippen molar-refractivity contribution in [1.82, 2.24) is 4.98 Å². The molecule has 0 unspecified atom stereocenters. The number of primary sulfonamides is 1. The lowest BCUT2D eigenvalue weighted by Gasteiger charge is -2.00. The molecule has 0 aromatic carbocycles. The summed E-state index contributed by atoms with van der Waals surface area (Å²) < 4.78 is 22.1. The second-order valence-corrected chi connectivity index (χ2v) is 4.68. The SMILES string of the molecule is Cc1cnc(S(N)(=O)=O)c(Br)c1. The normalized spacial score (nSPS) is 11.6. The first-order valence-corrected chi connectivity index (χ1v) is 5.40. The van der Waals surface area contributed by atoms with E-state index in [1.807, 2.05) is 6.92 Å². The molecule has 6 heteroatoms. The van der Waals surface area contributed by atoms with Crippen molar-refractivity contribution in [1.29, 1.82) is 0 Å². The van der Waals surface area contributed by atoms with Crippen molar-refractivity contribution < 1.29 is 8.42 Å². The Balaban J connectivity index is 3.39. The molecule has 0 fully saturated rings. The molecule has 1 heterocycles. The number of hydrogen-bond donors (Lipinski definition) is 1. The minimum Gasteiger partial charge on any atom is -0.242 e. The Kier molecular flexibility index (Phi) is 2.50. The van der Waals surface area contributed by atoms with Gasteiger partial charge in [-0.1, -0.05) is 0 Å². The van der Waals surface area contributed by atoms with Crippen molar-refractivity contribution in [2.45, 2.75) is 11.9 Å². The van der Waals surface area contributed by atoms with Gasteiger partial charge in [0.1, 0.15) is 0 Å². The van der Waals surface area contributed by atoms with Crippen LogP contribution in [0.5, 0.6) is 0 Å². The zero-order chi connectivity index (χ0) is 9.35. The Morgan fingerprint density at radius 1 is 1.58 bits per heavy atom. The topological polar surface area (TPSA) is 73.0 Å². The van der Waals surface area contributed by atoms with E-state index in [4.69, 9.17) is 5.14 Å². The van der Waals surface area contributed by atoms with Crippen molar-refractivity contribution in [3.05, 3.63) is 22.3 Å². The molecule has 66 valence electrons. The van der Waals surface area contributed by atoms with Crippen molar-refractivity contribution >= 4 is 26.0 Å². The molecule has 1 aromatic heterocycles. The molecule has 1 rings (SSSR count). The standard InChI is InChI=1S/C6H7BrN2O2S/c1-4-2-5(7)6(9-3-4)12(8,10)11/h2-3H,1H3,(H2,8,10,11). The molecule has 12 heavy (non-hydrogen) atoms. The van der Waals surface area contributed by atoms with Crippen LogP contribution in [-0.4, -0.2) is 13.4 Å². The fourth-order valence-electron chi connectivity index (χ4n) is 0.730. The molecule has 0 saturated carbocycles. The van der Waals surface area contributed by atoms with Crippen LogP contribution in [0, 0.1) is 6.92 Å². The van der Waals surface area contributed by atoms with Gasteiger partial charge in [0.15, 0.2) is 5.03 Å². The van der Waals surface area contributed by atoms with Gasteiger partial charge in [-0.15, -0.1) is 0 Å². The van der Waals surface area contributed by atoms with E-state index < -0.39 is 10.0 Å². The monoisotopic (exact) mass is 250 g/mol. The summed E-state index contributed by atoms with van der Waals surface area (Å²) in [5.74, 6) is 0. The van der Waals surface area contributed by atoms with Crippen LogP contribution in [0.1, 0.15) is 5.56 Å². The van der Waals surface area contributed by atoms with Gasteiger partial charge in [-0.05, 0) is 34.5 Å². The summed E-state index contributed by atoms with van der Waals surface area (Å²) in [5, 5.41) is 4.76. The second-order valence-electron chi connectivity index (χ2n) is 2.34. The molecule has 0 aliphatic rings. The van der Waals surface area contributed by atoms with E-state index in [0.717, 1.165) is 5.56 Å². The van der Waals surface area contributed by atoms with Gasteiger partial charge in [0.25, 0.3) is 10.0 Å². The largest absolute Gasteiger partial charge is 0.256 e. The fourth-order valence-corrected chi connectivity index (χ4v) is 2.40. The number of pyridine rings is 1. The van der Waals surface area contributed by atoms with Crippen molar-refractivity contribution in [3.63, 3.8) is 0 Å². The average molecular weight is 251 g/mol. The lowest BCUT2D eigenvalue weighted by Crippen LogP contribution is -2.14. The van der Waals surface area contributed by atoms with Crippen LogP contribution in [0.4, 0.5) is 0 Å². The van der Waals surface area contributed by atoms with Crippen LogP contribution in [0.15, 0.2) is 21.8 Å². The Morgan fingerprint density at radius 2 is 2.17 bits per heavy atom. The van der Waals surface area contributed by atoms with Gasteiger partial charge in [0, 0.05) is 6.20 Å². The second kappa shape index (κ2) is 3.12. The maximum absolute atomic E-state index is 10.9. The molecule has 1 aromatic rings. The van der Waals surface area contributed by atoms with Crippen LogP contribution in [0.25, 0.3) is 0 Å². The molecule has 0 aliphatic carbocycles. The van der Waals surface area contributed by atoms with Crippen LogP contribution in [0.3, 0.4) is 0 Å². The summed E-state index contributed by atoms with van der Waals surface area (Å²) in [6.45, 7) is 1.81. The van der Waals surface area contributed by atoms with E-state index in [2.05, 4.69) is 20.9 Å². The minimum atomic E-state index is -3.71. The van der Waals surface area contributed by atoms with Gasteiger partial charge in [0.2, 0.25) is 0 Å². The van der Waals surface area contributed by atoms with E-state index in [-0.39, 0.29) is 5.03 Å². The zero-order valence-corrected chi connectivity index (χ0v) is 8.68. The van der Waals surface area contributed by atoms with Crippen molar-refractivity contribution in [2.75, 3.05) is 0 Å². The lowest BCUT2D eigenvalue weighted by molar-refractivity contribution is 0.593. The van der Waals surface area contributed by atoms with Gasteiger partial charge >= 0.3 is 0 Å². The fraction of sp³-hybridized carbons (Fsp3) is 0.167. The van der Waals surface area contributed by atoms with Crippen LogP contribution < -0.4 is 5.14 Å². The lowest BCUT2D eigenvalue weighted by atomic mass is 10.3. The molecule has 0 aliphatic heterocycles. The van der Waals surface area contributed by atoms with E-state index in [1.165, 1.54) is 6.20 Å². The predicted octanol–water partition coefficient (Wildman–Crippen LogP) is 0.800. The van der Waals surface area contributed by atoms with Gasteiger partial charge in [-0.25, -0.2) is 18.5 Å². The Labute approximate surface area is 79.0 Å². The quantitative estimate of drug-likeness (QED) is 0.802. The highest BCUT2D eigenvalue weighted by Gasteiger charge is 2.13. The Hall–Kier alpha value is -0.460. The zero-order valence-electron chi connectivity index (χ0n) is 6.28. The summed E-state index contributed by atoms with van der Waals surface area (Å²) in [6, 6.07) is 1.65. The number of halogens is 1. The summed E-state index contributed by atoms with van der Waals surface area (Å²) in [6.07, 6.45) is 1.45. The highest BCUT2D eigenvalue weighted by molar-refractivity contribution is 9.10. The summed E-state index contributed by atoms with van der Waals surface area (Å²) in [7, 11) is -3.71. The highest BCUT2D eigenvalue weighted by Crippen LogP contribution is 2.18. The molecular formula is C6H7BrN2O2S. The molecule has 0 bridgehead atoms. The highest BCUT2D eigenvalue weighted by atomic mass is 79.9. The minimum absolute atomic E-state index is 0.131. The number of aromatic nitrogens is 1. The van der Waals surface area contributed by atoms with Gasteiger partial charge in [-0.3, -0.25) is 0 Å². The molecule has 2 N–H and O–H groups in total. The average Bonchev–Trinajstić information content (AvgIpc) is 1.83. The smallest absolute Gasteiger partial charge is 0.242 e. The summed E-state index contributed by atoms with van der Waals surface area (Å²) in [5.41, 5.74) is 0.870. The van der Waals surface area contributed by atoms with Crippen LogP contribution >= 0.6 is 15.9 Å². The van der Waals surface area contributed by atoms with Crippen LogP contribution in [0.2, 0.25) is 0 Å². The first-order chi connectivity index (χ1) is 5.41. The van der Waals surface area contributed by atoms with E-state index in [1.54, 1.807) is 6.07 Å². The van der Waals surface area contributed by atoms with Gasteiger partial charge in [-0.2, -0.15) is 0 Å². The molecule has 0 spiro atoms. The maximum atomic E-state index is 10.9. The molecule has 4 nitrogen and oxygen atoms in total. The number of hydrogen-bond acceptors (Lipinski definition) is 3. The third-order valence-electron chi connectivity index (χ3n) is 1.21. The van der Waals surface area contributed by atoms with Crippen molar-refractivity contribution in [2.24, 2.45) is 5.14 Å². The number of rotatable bonds is 1. The molecular weight excluding hydrogens is 244 g/mol. The van der Waals surface area contributed by atoms with Crippen molar-refractivity contribution in [3.8, 4) is 0 Å². The summed E-state index contributed by atoms with van der Waals surface area (Å²) >= 11 is 3.06. The molecule has 0 atom stereocenters. The first-order valence-electron chi connectivity index (χ1n) is 3.06. The molecule has 0 amide bonds. The predicted molar refractivity (Wildman–Crippen MR) is 48.0 cm³/mol. The Bertz CT molecular complexity index is 402. The molecule has 0 radical (unpaired) electrons. The number of aryl methyl sites for hydroxylation is 1. The Morgan fingerprint density at radius 3 is 2.58 bits per heavy atom. The third-order valence-corrected chi connectivity index (χ3v) is 2.94. The number of nitrogens with two attached hydrogens (primary N) is 1. The van der Waals surface area contributed by atoms with E-state index >= 15 is 0 Å². The number of sulfonamides is 1. The van der Waals surface area contributed by atoms with Gasteiger partial charge < -0.3 is 0 Å². The van der Waals surface area contributed by atoms with Crippen LogP contribution in [-0.2, 0) is 10.0 Å². The summed E-state index contributed by atoms with van der Waals surface area (Å²) in [4.78, 5) is 3.69. The first kappa shape index (κ1) is 9.63. The molecule has 0 saturated heterocycles.